The first-order valence-corrected chi connectivity index (χ1v) is 5.61. The second-order valence-electron chi connectivity index (χ2n) is 3.64. The number of halogens is 2. The maximum atomic E-state index is 12.1. The molecule has 0 aromatic heterocycles. The molecular formula is C10H18F2N2O4. The number of aliphatic carboxylic acids is 1. The van der Waals surface area contributed by atoms with Crippen molar-refractivity contribution in [2.24, 2.45) is 0 Å². The zero-order valence-corrected chi connectivity index (χ0v) is 9.94. The van der Waals surface area contributed by atoms with E-state index in [1.54, 1.807) is 0 Å². The molecule has 0 unspecified atom stereocenters. The molecule has 18 heavy (non-hydrogen) atoms. The highest BCUT2D eigenvalue weighted by molar-refractivity contribution is 5.74. The Morgan fingerprint density at radius 3 is 2.44 bits per heavy atom. The Morgan fingerprint density at radius 1 is 1.28 bits per heavy atom. The smallest absolute Gasteiger partial charge is 0.317 e. The number of carbonyl (C=O) groups is 2. The van der Waals surface area contributed by atoms with E-state index in [0.29, 0.717) is 12.8 Å². The summed E-state index contributed by atoms with van der Waals surface area (Å²) in [7, 11) is 0. The van der Waals surface area contributed by atoms with E-state index < -0.39 is 25.0 Å². The standard InChI is InChI=1S/C10H18F2N2O4/c11-8(12)7-14(5-6-15)10(18)13-4-2-1-3-9(16)17/h8,15H,1-7H2,(H,13,18)(H,16,17). The summed E-state index contributed by atoms with van der Waals surface area (Å²) in [5, 5.41) is 19.4. The molecule has 0 saturated carbocycles. The number of nitrogens with one attached hydrogen (secondary N) is 1. The number of aliphatic hydroxyl groups excluding tert-OH is 1. The lowest BCUT2D eigenvalue weighted by Crippen LogP contribution is -2.44. The number of carbonyl (C=O) groups excluding carboxylic acids is 1. The van der Waals surface area contributed by atoms with Crippen LogP contribution in [0.3, 0.4) is 0 Å². The summed E-state index contributed by atoms with van der Waals surface area (Å²) in [6.07, 6.45) is -1.79. The minimum absolute atomic E-state index is 0.00720. The van der Waals surface area contributed by atoms with Crippen LogP contribution in [0.4, 0.5) is 13.6 Å². The quantitative estimate of drug-likeness (QED) is 0.531. The van der Waals surface area contributed by atoms with Gasteiger partial charge in [0.15, 0.2) is 0 Å². The highest BCUT2D eigenvalue weighted by atomic mass is 19.3. The van der Waals surface area contributed by atoms with Gasteiger partial charge in [0.25, 0.3) is 6.43 Å². The van der Waals surface area contributed by atoms with Crippen molar-refractivity contribution in [2.45, 2.75) is 25.7 Å². The zero-order chi connectivity index (χ0) is 14.0. The lowest BCUT2D eigenvalue weighted by Gasteiger charge is -2.21. The molecule has 0 bridgehead atoms. The number of hydrogen-bond donors (Lipinski definition) is 3. The predicted octanol–water partition coefficient (Wildman–Crippen LogP) is 0.510. The number of hydrogen-bond acceptors (Lipinski definition) is 3. The third kappa shape index (κ3) is 8.68. The number of carboxylic acids is 1. The maximum absolute atomic E-state index is 12.1. The summed E-state index contributed by atoms with van der Waals surface area (Å²) in [6.45, 7) is -1.07. The van der Waals surface area contributed by atoms with Gasteiger partial charge in [0.05, 0.1) is 13.2 Å². The molecule has 0 saturated heterocycles. The second-order valence-corrected chi connectivity index (χ2v) is 3.64. The Bertz CT molecular complexity index is 264. The molecule has 0 atom stereocenters. The van der Waals surface area contributed by atoms with Crippen LogP contribution in [-0.2, 0) is 4.79 Å². The van der Waals surface area contributed by atoms with E-state index >= 15 is 0 Å². The molecule has 0 aromatic rings. The van der Waals surface area contributed by atoms with Gasteiger partial charge in [0.2, 0.25) is 0 Å². The van der Waals surface area contributed by atoms with Crippen molar-refractivity contribution in [1.29, 1.82) is 0 Å². The van der Waals surface area contributed by atoms with Crippen LogP contribution >= 0.6 is 0 Å². The van der Waals surface area contributed by atoms with E-state index in [2.05, 4.69) is 5.32 Å². The maximum Gasteiger partial charge on any atom is 0.317 e. The van der Waals surface area contributed by atoms with Crippen molar-refractivity contribution in [3.63, 3.8) is 0 Å². The normalized spacial score (nSPS) is 10.4. The number of carboxylic acid groups (broad SMARTS) is 1. The average Bonchev–Trinajstić information content (AvgIpc) is 2.26. The van der Waals surface area contributed by atoms with Gasteiger partial charge >= 0.3 is 12.0 Å². The molecule has 0 rings (SSSR count). The molecular weight excluding hydrogens is 250 g/mol. The summed E-state index contributed by atoms with van der Waals surface area (Å²) in [4.78, 5) is 22.4. The average molecular weight is 268 g/mol. The van der Waals surface area contributed by atoms with Crippen molar-refractivity contribution < 1.29 is 28.6 Å². The van der Waals surface area contributed by atoms with Gasteiger partial charge in [0, 0.05) is 19.5 Å². The fraction of sp³-hybridized carbons (Fsp3) is 0.800. The van der Waals surface area contributed by atoms with E-state index in [1.807, 2.05) is 0 Å². The minimum atomic E-state index is -2.66. The number of unbranched alkanes of at least 4 members (excludes halogenated alkanes) is 1. The van der Waals surface area contributed by atoms with Gasteiger partial charge in [-0.3, -0.25) is 4.79 Å². The number of alkyl halides is 2. The van der Waals surface area contributed by atoms with Gasteiger partial charge in [-0.15, -0.1) is 0 Å². The number of aliphatic hydroxyl groups is 1. The summed E-state index contributed by atoms with van der Waals surface area (Å²) >= 11 is 0. The molecule has 0 heterocycles. The van der Waals surface area contributed by atoms with Crippen LogP contribution in [0.15, 0.2) is 0 Å². The summed E-state index contributed by atoms with van der Waals surface area (Å²) in [6, 6.07) is -0.681. The third-order valence-corrected chi connectivity index (χ3v) is 2.11. The topological polar surface area (TPSA) is 89.9 Å². The van der Waals surface area contributed by atoms with E-state index in [4.69, 9.17) is 10.2 Å². The molecule has 0 aromatic carbocycles. The van der Waals surface area contributed by atoms with Gasteiger partial charge < -0.3 is 20.4 Å². The predicted molar refractivity (Wildman–Crippen MR) is 59.5 cm³/mol. The van der Waals surface area contributed by atoms with E-state index in [0.717, 1.165) is 4.90 Å². The largest absolute Gasteiger partial charge is 0.481 e. The Labute approximate surface area is 104 Å². The van der Waals surface area contributed by atoms with Crippen LogP contribution in [-0.4, -0.2) is 59.8 Å². The second kappa shape index (κ2) is 9.58. The van der Waals surface area contributed by atoms with Crippen LogP contribution in [0, 0.1) is 0 Å². The van der Waals surface area contributed by atoms with Crippen LogP contribution in [0.5, 0.6) is 0 Å². The first-order chi connectivity index (χ1) is 8.47. The first-order valence-electron chi connectivity index (χ1n) is 5.61. The molecule has 0 spiro atoms. The molecule has 8 heteroatoms. The lowest BCUT2D eigenvalue weighted by molar-refractivity contribution is -0.137. The zero-order valence-electron chi connectivity index (χ0n) is 9.94. The van der Waals surface area contributed by atoms with Crippen molar-refractivity contribution in [3.05, 3.63) is 0 Å². The van der Waals surface area contributed by atoms with Crippen molar-refractivity contribution in [2.75, 3.05) is 26.2 Å². The molecule has 106 valence electrons. The monoisotopic (exact) mass is 268 g/mol. The van der Waals surface area contributed by atoms with Crippen LogP contribution in [0.25, 0.3) is 0 Å². The number of nitrogens with zero attached hydrogens (tertiary/aromatic N) is 1. The number of amides is 2. The number of urea groups is 1. The molecule has 0 aliphatic carbocycles. The van der Waals surface area contributed by atoms with Crippen LogP contribution in [0.1, 0.15) is 19.3 Å². The Morgan fingerprint density at radius 2 is 1.94 bits per heavy atom. The third-order valence-electron chi connectivity index (χ3n) is 2.11. The first kappa shape index (κ1) is 16.6. The minimum Gasteiger partial charge on any atom is -0.481 e. The molecule has 0 aliphatic heterocycles. The van der Waals surface area contributed by atoms with E-state index in [1.165, 1.54) is 0 Å². The van der Waals surface area contributed by atoms with Gasteiger partial charge in [-0.25, -0.2) is 13.6 Å². The summed E-state index contributed by atoms with van der Waals surface area (Å²) < 4.78 is 24.3. The Balaban J connectivity index is 3.84. The molecule has 6 nitrogen and oxygen atoms in total. The summed E-state index contributed by atoms with van der Waals surface area (Å²) in [5.41, 5.74) is 0. The molecule has 0 aliphatic rings. The molecule has 0 fully saturated rings. The lowest BCUT2D eigenvalue weighted by atomic mass is 10.2. The van der Waals surface area contributed by atoms with E-state index in [9.17, 15) is 18.4 Å². The van der Waals surface area contributed by atoms with E-state index in [-0.39, 0.29) is 26.1 Å². The van der Waals surface area contributed by atoms with Crippen molar-refractivity contribution in [3.8, 4) is 0 Å². The van der Waals surface area contributed by atoms with Gasteiger partial charge in [-0.2, -0.15) is 0 Å². The Kier molecular flexibility index (Phi) is 8.81. The van der Waals surface area contributed by atoms with Gasteiger partial charge in [0.1, 0.15) is 0 Å². The molecule has 0 radical (unpaired) electrons. The summed E-state index contributed by atoms with van der Waals surface area (Å²) in [5.74, 6) is -0.916. The molecule has 3 N–H and O–H groups in total. The van der Waals surface area contributed by atoms with Gasteiger partial charge in [-0.1, -0.05) is 0 Å². The van der Waals surface area contributed by atoms with Crippen molar-refractivity contribution >= 4 is 12.0 Å². The fourth-order valence-corrected chi connectivity index (χ4v) is 1.27. The SMILES string of the molecule is O=C(O)CCCCNC(=O)N(CCO)CC(F)F. The Hall–Kier alpha value is -1.44. The van der Waals surface area contributed by atoms with Gasteiger partial charge in [-0.05, 0) is 12.8 Å². The molecule has 2 amide bonds. The number of rotatable bonds is 9. The van der Waals surface area contributed by atoms with Crippen molar-refractivity contribution in [1.82, 2.24) is 10.2 Å². The highest BCUT2D eigenvalue weighted by Crippen LogP contribution is 1.99. The van der Waals surface area contributed by atoms with Crippen LogP contribution in [0.2, 0.25) is 0 Å². The highest BCUT2D eigenvalue weighted by Gasteiger charge is 2.16. The fourth-order valence-electron chi connectivity index (χ4n) is 1.27. The van der Waals surface area contributed by atoms with Crippen LogP contribution < -0.4 is 5.32 Å².